The highest BCUT2D eigenvalue weighted by molar-refractivity contribution is 7.13. The van der Waals surface area contributed by atoms with E-state index in [0.717, 1.165) is 36.3 Å². The highest BCUT2D eigenvalue weighted by Crippen LogP contribution is 2.27. The van der Waals surface area contributed by atoms with Crippen LogP contribution in [0.25, 0.3) is 10.7 Å². The molecule has 2 aromatic heterocycles. The maximum absolute atomic E-state index is 12.5. The van der Waals surface area contributed by atoms with Crippen molar-refractivity contribution in [1.82, 2.24) is 20.5 Å². The van der Waals surface area contributed by atoms with Crippen LogP contribution in [0.4, 0.5) is 5.69 Å². The first kappa shape index (κ1) is 18.4. The Labute approximate surface area is 166 Å². The second-order valence-corrected chi connectivity index (χ2v) is 7.74. The number of thiazole rings is 1. The first-order valence-electron chi connectivity index (χ1n) is 9.32. The molecule has 1 aliphatic carbocycles. The summed E-state index contributed by atoms with van der Waals surface area (Å²) in [5.74, 6) is 0.0711. The van der Waals surface area contributed by atoms with Gasteiger partial charge in [0.25, 0.3) is 5.91 Å². The number of anilines is 1. The molecule has 0 saturated heterocycles. The molecular formula is C20H21N5O2S. The minimum atomic E-state index is -0.222. The second kappa shape index (κ2) is 8.35. The van der Waals surface area contributed by atoms with Gasteiger partial charge in [-0.25, -0.2) is 4.98 Å². The predicted molar refractivity (Wildman–Crippen MR) is 108 cm³/mol. The Balaban J connectivity index is 1.35. The zero-order valence-corrected chi connectivity index (χ0v) is 16.1. The zero-order chi connectivity index (χ0) is 19.3. The lowest BCUT2D eigenvalue weighted by molar-refractivity contribution is -0.124. The van der Waals surface area contributed by atoms with Crippen LogP contribution in [0.1, 0.15) is 41.6 Å². The lowest BCUT2D eigenvalue weighted by Gasteiger charge is -2.11. The number of carbonyl (C=O) groups is 2. The number of nitrogens with one attached hydrogen (secondary N) is 3. The fraction of sp³-hybridized carbons (Fsp3) is 0.300. The summed E-state index contributed by atoms with van der Waals surface area (Å²) in [6.07, 6.45) is 7.54. The largest absolute Gasteiger partial charge is 0.352 e. The minimum absolute atomic E-state index is 0.133. The Kier molecular flexibility index (Phi) is 5.48. The summed E-state index contributed by atoms with van der Waals surface area (Å²) in [5, 5.41) is 15.4. The van der Waals surface area contributed by atoms with E-state index in [9.17, 15) is 9.59 Å². The summed E-state index contributed by atoms with van der Waals surface area (Å²) < 4.78 is 0. The quantitative estimate of drug-likeness (QED) is 0.594. The second-order valence-electron chi connectivity index (χ2n) is 6.85. The number of amides is 2. The molecule has 1 fully saturated rings. The molecule has 0 radical (unpaired) electrons. The summed E-state index contributed by atoms with van der Waals surface area (Å²) in [6, 6.07) is 7.24. The van der Waals surface area contributed by atoms with Gasteiger partial charge in [0.05, 0.1) is 11.9 Å². The highest BCUT2D eigenvalue weighted by atomic mass is 32.1. The van der Waals surface area contributed by atoms with E-state index >= 15 is 0 Å². The third-order valence-electron chi connectivity index (χ3n) is 4.94. The first-order valence-corrected chi connectivity index (χ1v) is 10.2. The number of H-pyrrole nitrogens is 1. The Morgan fingerprint density at radius 2 is 1.96 bits per heavy atom. The van der Waals surface area contributed by atoms with Crippen LogP contribution in [-0.4, -0.2) is 27.0 Å². The van der Waals surface area contributed by atoms with Crippen LogP contribution in [0.15, 0.2) is 42.0 Å². The normalized spacial score (nSPS) is 14.1. The molecule has 3 N–H and O–H groups in total. The Hall–Kier alpha value is -3.00. The van der Waals surface area contributed by atoms with E-state index in [2.05, 4.69) is 25.8 Å². The fourth-order valence-electron chi connectivity index (χ4n) is 3.38. The molecule has 1 saturated carbocycles. The number of nitrogens with zero attached hydrogens (tertiary/aromatic N) is 2. The summed E-state index contributed by atoms with van der Waals surface area (Å²) in [6.45, 7) is 0.479. The van der Waals surface area contributed by atoms with Gasteiger partial charge in [-0.3, -0.25) is 14.7 Å². The van der Waals surface area contributed by atoms with Gasteiger partial charge >= 0.3 is 0 Å². The standard InChI is InChI=1S/C20H21N5O2S/c26-18(14-3-1-2-4-14)22-11-13-5-7-15(8-6-13)19(27)24-16-12-23-25-17(16)20-21-9-10-28-20/h5-10,12,14H,1-4,11H2,(H,22,26)(H,23,25)(H,24,27). The molecule has 144 valence electrons. The van der Waals surface area contributed by atoms with Crippen molar-refractivity contribution in [3.8, 4) is 10.7 Å². The van der Waals surface area contributed by atoms with Gasteiger partial charge in [-0.1, -0.05) is 25.0 Å². The van der Waals surface area contributed by atoms with Crippen molar-refractivity contribution in [2.24, 2.45) is 5.92 Å². The fourth-order valence-corrected chi connectivity index (χ4v) is 4.03. The SMILES string of the molecule is O=C(Nc1cn[nH]c1-c1nccs1)c1ccc(CNC(=O)C2CCCC2)cc1. The van der Waals surface area contributed by atoms with Crippen molar-refractivity contribution in [3.63, 3.8) is 0 Å². The van der Waals surface area contributed by atoms with Gasteiger partial charge < -0.3 is 10.6 Å². The van der Waals surface area contributed by atoms with Crippen LogP contribution in [0.5, 0.6) is 0 Å². The van der Waals surface area contributed by atoms with E-state index in [-0.39, 0.29) is 17.7 Å². The Morgan fingerprint density at radius 3 is 2.68 bits per heavy atom. The molecule has 8 heteroatoms. The summed E-state index contributed by atoms with van der Waals surface area (Å²) in [4.78, 5) is 28.9. The van der Waals surface area contributed by atoms with Gasteiger partial charge in [0.2, 0.25) is 5.91 Å². The number of benzene rings is 1. The average molecular weight is 395 g/mol. The molecule has 0 aliphatic heterocycles. The van der Waals surface area contributed by atoms with Crippen molar-refractivity contribution in [2.45, 2.75) is 32.2 Å². The van der Waals surface area contributed by atoms with Gasteiger partial charge in [-0.05, 0) is 30.5 Å². The lowest BCUT2D eigenvalue weighted by Crippen LogP contribution is -2.28. The monoisotopic (exact) mass is 395 g/mol. The van der Waals surface area contributed by atoms with Crippen LogP contribution in [0.2, 0.25) is 0 Å². The smallest absolute Gasteiger partial charge is 0.255 e. The molecule has 3 aromatic rings. The average Bonchev–Trinajstić information content (AvgIpc) is 3.48. The maximum Gasteiger partial charge on any atom is 0.255 e. The van der Waals surface area contributed by atoms with Crippen molar-refractivity contribution < 1.29 is 9.59 Å². The van der Waals surface area contributed by atoms with Gasteiger partial charge in [-0.15, -0.1) is 11.3 Å². The molecule has 0 spiro atoms. The number of hydrogen-bond donors (Lipinski definition) is 3. The van der Waals surface area contributed by atoms with Crippen molar-refractivity contribution >= 4 is 28.8 Å². The zero-order valence-electron chi connectivity index (χ0n) is 15.3. The molecule has 0 bridgehead atoms. The van der Waals surface area contributed by atoms with Crippen molar-refractivity contribution in [1.29, 1.82) is 0 Å². The minimum Gasteiger partial charge on any atom is -0.352 e. The van der Waals surface area contributed by atoms with Gasteiger partial charge in [0.1, 0.15) is 10.7 Å². The molecule has 1 aliphatic rings. The van der Waals surface area contributed by atoms with Crippen LogP contribution in [-0.2, 0) is 11.3 Å². The Morgan fingerprint density at radius 1 is 1.18 bits per heavy atom. The van der Waals surface area contributed by atoms with Crippen molar-refractivity contribution in [3.05, 3.63) is 53.2 Å². The van der Waals surface area contributed by atoms with Gasteiger partial charge in [-0.2, -0.15) is 5.10 Å². The summed E-state index contributed by atoms with van der Waals surface area (Å²) >= 11 is 1.47. The van der Waals surface area contributed by atoms with E-state index in [1.165, 1.54) is 11.3 Å². The van der Waals surface area contributed by atoms with E-state index in [1.54, 1.807) is 24.5 Å². The predicted octanol–water partition coefficient (Wildman–Crippen LogP) is 3.59. The first-order chi connectivity index (χ1) is 13.7. The molecule has 28 heavy (non-hydrogen) atoms. The number of hydrogen-bond acceptors (Lipinski definition) is 5. The third-order valence-corrected chi connectivity index (χ3v) is 5.73. The molecular weight excluding hydrogens is 374 g/mol. The molecule has 4 rings (SSSR count). The number of carbonyl (C=O) groups excluding carboxylic acids is 2. The third kappa shape index (κ3) is 4.12. The lowest BCUT2D eigenvalue weighted by atomic mass is 10.1. The number of aromatic amines is 1. The molecule has 1 aromatic carbocycles. The molecule has 7 nitrogen and oxygen atoms in total. The van der Waals surface area contributed by atoms with E-state index in [1.807, 2.05) is 17.5 Å². The van der Waals surface area contributed by atoms with Gasteiger partial charge in [0.15, 0.2) is 0 Å². The van der Waals surface area contributed by atoms with Crippen molar-refractivity contribution in [2.75, 3.05) is 5.32 Å². The van der Waals surface area contributed by atoms with Gasteiger partial charge in [0, 0.05) is 29.6 Å². The Bertz CT molecular complexity index is 943. The number of rotatable bonds is 6. The summed E-state index contributed by atoms with van der Waals surface area (Å²) in [5.41, 5.74) is 2.79. The maximum atomic E-state index is 12.5. The molecule has 2 heterocycles. The topological polar surface area (TPSA) is 99.8 Å². The van der Waals surface area contributed by atoms with Crippen LogP contribution in [0.3, 0.4) is 0 Å². The summed E-state index contributed by atoms with van der Waals surface area (Å²) in [7, 11) is 0. The van der Waals surface area contributed by atoms with E-state index < -0.39 is 0 Å². The number of aromatic nitrogens is 3. The van der Waals surface area contributed by atoms with Crippen LogP contribution in [0, 0.1) is 5.92 Å². The molecule has 0 unspecified atom stereocenters. The highest BCUT2D eigenvalue weighted by Gasteiger charge is 2.22. The molecule has 2 amide bonds. The van der Waals surface area contributed by atoms with E-state index in [0.29, 0.717) is 23.5 Å². The van der Waals surface area contributed by atoms with Crippen LogP contribution >= 0.6 is 11.3 Å². The van der Waals surface area contributed by atoms with E-state index in [4.69, 9.17) is 0 Å². The van der Waals surface area contributed by atoms with Crippen LogP contribution < -0.4 is 10.6 Å². The molecule has 0 atom stereocenters.